The summed E-state index contributed by atoms with van der Waals surface area (Å²) in [5.41, 5.74) is 2.40. The van der Waals surface area contributed by atoms with E-state index in [1.54, 1.807) is 21.3 Å². The first-order chi connectivity index (χ1) is 22.7. The van der Waals surface area contributed by atoms with Gasteiger partial charge in [0, 0.05) is 25.4 Å². The maximum absolute atomic E-state index is 13.5. The van der Waals surface area contributed by atoms with Crippen LogP contribution in [0.25, 0.3) is 0 Å². The summed E-state index contributed by atoms with van der Waals surface area (Å²) in [5.74, 6) is 0.0764. The Morgan fingerprint density at radius 1 is 0.830 bits per heavy atom. The van der Waals surface area contributed by atoms with Crippen molar-refractivity contribution in [3.05, 3.63) is 108 Å². The maximum Gasteiger partial charge on any atom is 0.237 e. The minimum Gasteiger partial charge on any atom is -0.497 e. The van der Waals surface area contributed by atoms with Crippen LogP contribution in [0.5, 0.6) is 11.5 Å². The van der Waals surface area contributed by atoms with Crippen molar-refractivity contribution in [2.45, 2.75) is 84.0 Å². The van der Waals surface area contributed by atoms with Crippen molar-refractivity contribution in [1.82, 2.24) is 0 Å². The molecule has 1 saturated heterocycles. The summed E-state index contributed by atoms with van der Waals surface area (Å²) in [5, 5.41) is 0. The summed E-state index contributed by atoms with van der Waals surface area (Å²) in [6, 6.07) is 25.7. The lowest BCUT2D eigenvalue weighted by atomic mass is 9.77. The molecule has 2 unspecified atom stereocenters. The van der Waals surface area contributed by atoms with E-state index in [4.69, 9.17) is 33.2 Å². The van der Waals surface area contributed by atoms with Gasteiger partial charge in [-0.25, -0.2) is 0 Å². The van der Waals surface area contributed by atoms with Crippen molar-refractivity contribution in [3.8, 4) is 11.5 Å². The Morgan fingerprint density at radius 2 is 1.40 bits per heavy atom. The molecule has 1 aliphatic rings. The van der Waals surface area contributed by atoms with Crippen molar-refractivity contribution >= 4 is 5.78 Å². The van der Waals surface area contributed by atoms with Crippen LogP contribution in [0.2, 0.25) is 0 Å². The van der Waals surface area contributed by atoms with E-state index in [-0.39, 0.29) is 24.1 Å². The Hall–Kier alpha value is -3.53. The number of carbonyl (C=O) groups excluding carboxylic acids is 1. The molecule has 1 heterocycles. The van der Waals surface area contributed by atoms with Crippen molar-refractivity contribution in [2.24, 2.45) is 5.41 Å². The van der Waals surface area contributed by atoms with E-state index in [0.717, 1.165) is 28.2 Å². The first-order valence-electron chi connectivity index (χ1n) is 16.2. The molecule has 0 spiro atoms. The van der Waals surface area contributed by atoms with E-state index >= 15 is 0 Å². The van der Waals surface area contributed by atoms with Crippen molar-refractivity contribution in [3.63, 3.8) is 0 Å². The molecule has 1 aliphatic heterocycles. The predicted octanol–water partition coefficient (Wildman–Crippen LogP) is 7.47. The minimum absolute atomic E-state index is 0.0749. The molecule has 0 aliphatic carbocycles. The molecule has 47 heavy (non-hydrogen) atoms. The fraction of sp³-hybridized carbons (Fsp3) is 0.462. The van der Waals surface area contributed by atoms with Gasteiger partial charge in [-0.05, 0) is 54.3 Å². The van der Waals surface area contributed by atoms with Crippen LogP contribution >= 0.6 is 0 Å². The number of ether oxygens (including phenoxy) is 7. The van der Waals surface area contributed by atoms with Gasteiger partial charge in [0.15, 0.2) is 5.78 Å². The van der Waals surface area contributed by atoms with Crippen molar-refractivity contribution in [1.29, 1.82) is 0 Å². The van der Waals surface area contributed by atoms with Gasteiger partial charge in [0.1, 0.15) is 11.5 Å². The van der Waals surface area contributed by atoms with Gasteiger partial charge in [0.05, 0.1) is 59.0 Å². The van der Waals surface area contributed by atoms with Gasteiger partial charge in [0.2, 0.25) is 5.79 Å². The molecule has 0 bridgehead atoms. The third-order valence-corrected chi connectivity index (χ3v) is 8.70. The fourth-order valence-electron chi connectivity index (χ4n) is 5.83. The van der Waals surface area contributed by atoms with Crippen LogP contribution < -0.4 is 9.47 Å². The van der Waals surface area contributed by atoms with Gasteiger partial charge in [-0.15, -0.1) is 0 Å². The molecular formula is C39H50O8. The van der Waals surface area contributed by atoms with Gasteiger partial charge in [-0.3, -0.25) is 4.79 Å². The molecule has 4 rings (SSSR count). The highest BCUT2D eigenvalue weighted by Crippen LogP contribution is 2.43. The molecular weight excluding hydrogens is 596 g/mol. The lowest BCUT2D eigenvalue weighted by Crippen LogP contribution is -2.59. The van der Waals surface area contributed by atoms with Gasteiger partial charge in [-0.2, -0.15) is 0 Å². The maximum atomic E-state index is 13.5. The second-order valence-electron chi connectivity index (χ2n) is 12.4. The highest BCUT2D eigenvalue weighted by molar-refractivity contribution is 5.87. The van der Waals surface area contributed by atoms with E-state index in [0.29, 0.717) is 45.7 Å². The molecule has 0 saturated carbocycles. The smallest absolute Gasteiger partial charge is 0.237 e. The Morgan fingerprint density at radius 3 is 2.00 bits per heavy atom. The Balaban J connectivity index is 1.42. The number of ketones is 1. The first-order valence-corrected chi connectivity index (χ1v) is 16.2. The first kappa shape index (κ1) is 36.3. The standard InChI is InChI=1S/C39H50O8/c1-29(45-27-30-11-8-7-9-12-30)36(46-28-32-15-19-34(42-5)20-16-32)25-35-21-22-37(40)39(43-6,47-35)38(2,3)23-10-24-44-26-31-13-17-33(41-4)18-14-31/h7-20,23,29,35-36H,21-22,24-28H2,1-6H3/t29?,35-,36?,39+/m0/s1. The molecule has 0 amide bonds. The highest BCUT2D eigenvalue weighted by Gasteiger charge is 2.55. The predicted molar refractivity (Wildman–Crippen MR) is 181 cm³/mol. The summed E-state index contributed by atoms with van der Waals surface area (Å²) in [4.78, 5) is 13.5. The lowest BCUT2D eigenvalue weighted by Gasteiger charge is -2.47. The lowest BCUT2D eigenvalue weighted by molar-refractivity contribution is -0.286. The van der Waals surface area contributed by atoms with Gasteiger partial charge in [-0.1, -0.05) is 80.6 Å². The quantitative estimate of drug-likeness (QED) is 0.104. The number of hydrogen-bond acceptors (Lipinski definition) is 8. The van der Waals surface area contributed by atoms with E-state index in [9.17, 15) is 4.79 Å². The van der Waals surface area contributed by atoms with Crippen LogP contribution in [0.15, 0.2) is 91.0 Å². The van der Waals surface area contributed by atoms with E-state index < -0.39 is 11.2 Å². The number of benzene rings is 3. The molecule has 3 aromatic carbocycles. The average Bonchev–Trinajstić information content (AvgIpc) is 3.10. The van der Waals surface area contributed by atoms with Crippen LogP contribution in [0.4, 0.5) is 0 Å². The van der Waals surface area contributed by atoms with Gasteiger partial charge in [0.25, 0.3) is 0 Å². The summed E-state index contributed by atoms with van der Waals surface area (Å²) in [6.45, 7) is 7.65. The molecule has 1 fully saturated rings. The number of rotatable bonds is 18. The minimum atomic E-state index is -1.45. The second kappa shape index (κ2) is 17.6. The summed E-state index contributed by atoms with van der Waals surface area (Å²) < 4.78 is 41.8. The van der Waals surface area contributed by atoms with Crippen LogP contribution in [-0.2, 0) is 48.3 Å². The Kier molecular flexibility index (Phi) is 13.6. The highest BCUT2D eigenvalue weighted by atomic mass is 16.7. The largest absolute Gasteiger partial charge is 0.497 e. The Labute approximate surface area is 279 Å². The van der Waals surface area contributed by atoms with Crippen LogP contribution in [0, 0.1) is 5.41 Å². The summed E-state index contributed by atoms with van der Waals surface area (Å²) >= 11 is 0. The third kappa shape index (κ3) is 9.98. The zero-order valence-corrected chi connectivity index (χ0v) is 28.6. The molecule has 0 N–H and O–H groups in total. The van der Waals surface area contributed by atoms with Crippen LogP contribution in [0.1, 0.15) is 56.7 Å². The molecule has 254 valence electrons. The second-order valence-corrected chi connectivity index (χ2v) is 12.4. The number of hydrogen-bond donors (Lipinski definition) is 0. The molecule has 8 nitrogen and oxygen atoms in total. The fourth-order valence-corrected chi connectivity index (χ4v) is 5.83. The molecule has 8 heteroatoms. The van der Waals surface area contributed by atoms with Crippen LogP contribution in [-0.4, -0.2) is 57.8 Å². The van der Waals surface area contributed by atoms with Crippen LogP contribution in [0.3, 0.4) is 0 Å². The molecule has 0 aromatic heterocycles. The Bertz CT molecular complexity index is 1390. The zero-order valence-electron chi connectivity index (χ0n) is 28.6. The normalized spacial score (nSPS) is 19.9. The number of Topliss-reactive ketones (excluding diaryl/α,β-unsaturated/α-hetero) is 1. The van der Waals surface area contributed by atoms with E-state index in [1.807, 2.05) is 112 Å². The molecule has 3 aromatic rings. The summed E-state index contributed by atoms with van der Waals surface area (Å²) in [6.07, 6.45) is 4.52. The molecule has 0 radical (unpaired) electrons. The van der Waals surface area contributed by atoms with Crippen molar-refractivity contribution < 1.29 is 38.0 Å². The monoisotopic (exact) mass is 646 g/mol. The SMILES string of the molecule is COc1ccc(COCC=CC(C)(C)[C@]2(OC)O[C@H](CC(OCc3ccc(OC)cc3)C(C)OCc3ccccc3)CCC2=O)cc1. The van der Waals surface area contributed by atoms with Gasteiger partial charge < -0.3 is 33.2 Å². The van der Waals surface area contributed by atoms with E-state index in [1.165, 1.54) is 0 Å². The topological polar surface area (TPSA) is 81.7 Å². The van der Waals surface area contributed by atoms with Crippen molar-refractivity contribution in [2.75, 3.05) is 27.9 Å². The number of methoxy groups -OCH3 is 3. The summed E-state index contributed by atoms with van der Waals surface area (Å²) in [7, 11) is 4.84. The average molecular weight is 647 g/mol. The molecule has 4 atom stereocenters. The van der Waals surface area contributed by atoms with Gasteiger partial charge >= 0.3 is 0 Å². The zero-order chi connectivity index (χ0) is 33.7. The number of carbonyl (C=O) groups is 1. The van der Waals surface area contributed by atoms with E-state index in [2.05, 4.69) is 0 Å². The third-order valence-electron chi connectivity index (χ3n) is 8.70.